The molecule has 1 aromatic heterocycles. The number of nitrogens with one attached hydrogen (secondary N) is 1. The number of anilines is 1. The Bertz CT molecular complexity index is 695. The van der Waals surface area contributed by atoms with Crippen LogP contribution in [-0.4, -0.2) is 28.5 Å². The van der Waals surface area contributed by atoms with Gasteiger partial charge in [-0.3, -0.25) is 4.98 Å². The zero-order valence-corrected chi connectivity index (χ0v) is 14.0. The Morgan fingerprint density at radius 1 is 1.25 bits per heavy atom. The number of hydrogen-bond acceptors (Lipinski definition) is 2. The largest absolute Gasteiger partial charge is 0.322 e. The van der Waals surface area contributed by atoms with Gasteiger partial charge in [0.1, 0.15) is 0 Å². The van der Waals surface area contributed by atoms with Gasteiger partial charge in [0.25, 0.3) is 0 Å². The van der Waals surface area contributed by atoms with E-state index in [1.165, 1.54) is 0 Å². The van der Waals surface area contributed by atoms with Gasteiger partial charge < -0.3 is 10.2 Å². The topological polar surface area (TPSA) is 45.2 Å². The summed E-state index contributed by atoms with van der Waals surface area (Å²) < 4.78 is 0. The van der Waals surface area contributed by atoms with Crippen molar-refractivity contribution in [3.8, 4) is 0 Å². The summed E-state index contributed by atoms with van der Waals surface area (Å²) in [5.74, 6) is 0. The molecule has 1 N–H and O–H groups in total. The summed E-state index contributed by atoms with van der Waals surface area (Å²) in [6.07, 6.45) is 9.00. The number of rotatable bonds is 4. The fraction of sp³-hybridized carbons (Fsp3) is 0.300. The molecule has 0 radical (unpaired) electrons. The van der Waals surface area contributed by atoms with E-state index in [1.807, 2.05) is 59.5 Å². The summed E-state index contributed by atoms with van der Waals surface area (Å²) >= 11 is 0. The van der Waals surface area contributed by atoms with Gasteiger partial charge in [-0.05, 0) is 55.2 Å². The number of hydrogen-bond donors (Lipinski definition) is 1. The van der Waals surface area contributed by atoms with E-state index in [0.29, 0.717) is 6.04 Å². The second-order valence-corrected chi connectivity index (χ2v) is 6.04. The molecule has 1 aromatic carbocycles. The van der Waals surface area contributed by atoms with E-state index >= 15 is 0 Å². The number of carbonyl (C=O) groups excluding carboxylic acids is 1. The van der Waals surface area contributed by atoms with Crippen LogP contribution < -0.4 is 5.32 Å². The first-order chi connectivity index (χ1) is 11.8. The minimum Gasteiger partial charge on any atom is -0.322 e. The molecule has 2 heterocycles. The zero-order chi connectivity index (χ0) is 16.8. The number of nitrogens with zero attached hydrogens (tertiary/aromatic N) is 2. The quantitative estimate of drug-likeness (QED) is 0.890. The second kappa shape index (κ2) is 7.77. The minimum atomic E-state index is 0.0103. The molecule has 4 nitrogen and oxygen atoms in total. The summed E-state index contributed by atoms with van der Waals surface area (Å²) in [5.41, 5.74) is 2.83. The Labute approximate surface area is 143 Å². The lowest BCUT2D eigenvalue weighted by atomic mass is 10.1. The second-order valence-electron chi connectivity index (χ2n) is 6.04. The minimum absolute atomic E-state index is 0.0103. The predicted molar refractivity (Wildman–Crippen MR) is 98.6 cm³/mol. The van der Waals surface area contributed by atoms with Crippen molar-refractivity contribution in [3.05, 3.63) is 59.9 Å². The number of carbonyl (C=O) groups is 1. The molecule has 0 spiro atoms. The lowest BCUT2D eigenvalue weighted by molar-refractivity contribution is 0.205. The van der Waals surface area contributed by atoms with Crippen LogP contribution in [0.1, 0.15) is 37.4 Å². The summed E-state index contributed by atoms with van der Waals surface area (Å²) in [6, 6.07) is 14.1. The molecule has 2 aromatic rings. The van der Waals surface area contributed by atoms with Crippen molar-refractivity contribution in [1.82, 2.24) is 9.88 Å². The van der Waals surface area contributed by atoms with E-state index in [9.17, 15) is 4.79 Å². The van der Waals surface area contributed by atoms with E-state index in [2.05, 4.69) is 17.2 Å². The van der Waals surface area contributed by atoms with Crippen molar-refractivity contribution in [2.75, 3.05) is 11.9 Å². The smallest absolute Gasteiger partial charge is 0.322 e. The fourth-order valence-corrected chi connectivity index (χ4v) is 3.06. The van der Waals surface area contributed by atoms with Gasteiger partial charge in [0.15, 0.2) is 0 Å². The number of urea groups is 1. The third kappa shape index (κ3) is 4.02. The SMILES string of the molecule is CCC1CCCN1C(=O)Nc1ccc(/C=C/c2ccccn2)cc1. The first-order valence-electron chi connectivity index (χ1n) is 8.53. The highest BCUT2D eigenvalue weighted by molar-refractivity contribution is 5.90. The number of amides is 2. The maximum atomic E-state index is 12.4. The molecule has 24 heavy (non-hydrogen) atoms. The molecule has 124 valence electrons. The number of aromatic nitrogens is 1. The third-order valence-corrected chi connectivity index (χ3v) is 4.41. The van der Waals surface area contributed by atoms with Crippen LogP contribution in [0.25, 0.3) is 12.2 Å². The average Bonchev–Trinajstić information content (AvgIpc) is 3.11. The van der Waals surface area contributed by atoms with Crippen molar-refractivity contribution in [2.45, 2.75) is 32.2 Å². The number of benzene rings is 1. The van der Waals surface area contributed by atoms with Crippen molar-refractivity contribution >= 4 is 23.9 Å². The first kappa shape index (κ1) is 16.2. The van der Waals surface area contributed by atoms with Gasteiger partial charge in [-0.1, -0.05) is 31.2 Å². The van der Waals surface area contributed by atoms with Crippen LogP contribution in [-0.2, 0) is 0 Å². The molecule has 4 heteroatoms. The lowest BCUT2D eigenvalue weighted by Crippen LogP contribution is -2.38. The van der Waals surface area contributed by atoms with Gasteiger partial charge in [-0.2, -0.15) is 0 Å². The van der Waals surface area contributed by atoms with E-state index < -0.39 is 0 Å². The molecule has 0 saturated carbocycles. The third-order valence-electron chi connectivity index (χ3n) is 4.41. The Hall–Kier alpha value is -2.62. The molecular weight excluding hydrogens is 298 g/mol. The Morgan fingerprint density at radius 3 is 2.79 bits per heavy atom. The van der Waals surface area contributed by atoms with Crippen LogP contribution in [0.2, 0.25) is 0 Å². The molecule has 1 unspecified atom stereocenters. The Kier molecular flexibility index (Phi) is 5.26. The van der Waals surface area contributed by atoms with Crippen LogP contribution in [0.3, 0.4) is 0 Å². The van der Waals surface area contributed by atoms with E-state index in [4.69, 9.17) is 0 Å². The van der Waals surface area contributed by atoms with Crippen molar-refractivity contribution < 1.29 is 4.79 Å². The molecule has 3 rings (SSSR count). The summed E-state index contributed by atoms with van der Waals surface area (Å²) in [5, 5.41) is 3.00. The molecule has 2 amide bonds. The van der Waals surface area contributed by atoms with Gasteiger partial charge in [0, 0.05) is 24.5 Å². The molecular formula is C20H23N3O. The zero-order valence-electron chi connectivity index (χ0n) is 14.0. The molecule has 1 aliphatic rings. The van der Waals surface area contributed by atoms with E-state index in [0.717, 1.165) is 42.8 Å². The number of likely N-dealkylation sites (tertiary alicyclic amines) is 1. The summed E-state index contributed by atoms with van der Waals surface area (Å²) in [7, 11) is 0. The van der Waals surface area contributed by atoms with Crippen LogP contribution in [0, 0.1) is 0 Å². The predicted octanol–water partition coefficient (Wildman–Crippen LogP) is 4.66. The number of pyridine rings is 1. The molecule has 0 aliphatic carbocycles. The average molecular weight is 321 g/mol. The Morgan fingerprint density at radius 2 is 2.08 bits per heavy atom. The van der Waals surface area contributed by atoms with Crippen LogP contribution in [0.5, 0.6) is 0 Å². The van der Waals surface area contributed by atoms with Gasteiger partial charge in [0.05, 0.1) is 5.69 Å². The summed E-state index contributed by atoms with van der Waals surface area (Å²) in [6.45, 7) is 2.99. The standard InChI is InChI=1S/C20H23N3O/c1-2-19-7-5-15-23(19)20(24)22-18-12-9-16(10-13-18)8-11-17-6-3-4-14-21-17/h3-4,6,8-14,19H,2,5,7,15H2,1H3,(H,22,24)/b11-8+. The highest BCUT2D eigenvalue weighted by Gasteiger charge is 2.27. The molecule has 1 fully saturated rings. The summed E-state index contributed by atoms with van der Waals surface area (Å²) in [4.78, 5) is 18.6. The van der Waals surface area contributed by atoms with Crippen molar-refractivity contribution in [3.63, 3.8) is 0 Å². The highest BCUT2D eigenvalue weighted by Crippen LogP contribution is 2.21. The van der Waals surface area contributed by atoms with Crippen molar-refractivity contribution in [1.29, 1.82) is 0 Å². The lowest BCUT2D eigenvalue weighted by Gasteiger charge is -2.23. The van der Waals surface area contributed by atoms with E-state index in [1.54, 1.807) is 6.20 Å². The molecule has 1 saturated heterocycles. The monoisotopic (exact) mass is 321 g/mol. The first-order valence-corrected chi connectivity index (χ1v) is 8.53. The van der Waals surface area contributed by atoms with Gasteiger partial charge in [0.2, 0.25) is 0 Å². The maximum Gasteiger partial charge on any atom is 0.322 e. The van der Waals surface area contributed by atoms with Crippen LogP contribution in [0.15, 0.2) is 48.7 Å². The normalized spacial score (nSPS) is 17.4. The van der Waals surface area contributed by atoms with Crippen LogP contribution in [0.4, 0.5) is 10.5 Å². The molecule has 1 aliphatic heterocycles. The highest BCUT2D eigenvalue weighted by atomic mass is 16.2. The molecule has 1 atom stereocenters. The molecule has 0 bridgehead atoms. The maximum absolute atomic E-state index is 12.4. The van der Waals surface area contributed by atoms with Gasteiger partial charge in [-0.15, -0.1) is 0 Å². The Balaban J connectivity index is 1.60. The van der Waals surface area contributed by atoms with Gasteiger partial charge >= 0.3 is 6.03 Å². The van der Waals surface area contributed by atoms with Crippen LogP contribution >= 0.6 is 0 Å². The fourth-order valence-electron chi connectivity index (χ4n) is 3.06. The van der Waals surface area contributed by atoms with Crippen molar-refractivity contribution in [2.24, 2.45) is 0 Å². The van der Waals surface area contributed by atoms with Gasteiger partial charge in [-0.25, -0.2) is 4.79 Å². The van der Waals surface area contributed by atoms with E-state index in [-0.39, 0.29) is 6.03 Å².